The Morgan fingerprint density at radius 3 is 2.28 bits per heavy atom. The minimum absolute atomic E-state index is 0.164. The summed E-state index contributed by atoms with van der Waals surface area (Å²) in [7, 11) is -0.854. The van der Waals surface area contributed by atoms with Crippen molar-refractivity contribution >= 4 is 46.3 Å². The van der Waals surface area contributed by atoms with Crippen LogP contribution in [0.2, 0.25) is 5.15 Å². The second-order valence-corrected chi connectivity index (χ2v) is 7.76. The molecule has 3 heterocycles. The molecular weight excluding hydrogens is 372 g/mol. The van der Waals surface area contributed by atoms with E-state index in [4.69, 9.17) is 11.6 Å². The highest BCUT2D eigenvalue weighted by molar-refractivity contribution is 7.85. The van der Waals surface area contributed by atoms with E-state index in [1.54, 1.807) is 9.80 Å². The smallest absolute Gasteiger partial charge is 0.347 e. The number of carbonyl (C=O) groups is 1. The van der Waals surface area contributed by atoms with Crippen molar-refractivity contribution in [1.82, 2.24) is 14.9 Å². The van der Waals surface area contributed by atoms with Crippen LogP contribution in [0.15, 0.2) is 0 Å². The molecule has 2 saturated heterocycles. The predicted octanol–water partition coefficient (Wildman–Crippen LogP) is -0.115. The van der Waals surface area contributed by atoms with Gasteiger partial charge in [-0.3, -0.25) is 19.1 Å². The van der Waals surface area contributed by atoms with Crippen LogP contribution in [0.5, 0.6) is 0 Å². The Morgan fingerprint density at radius 2 is 1.72 bits per heavy atom. The van der Waals surface area contributed by atoms with Gasteiger partial charge in [-0.1, -0.05) is 11.6 Å². The topological polar surface area (TPSA) is 113 Å². The summed E-state index contributed by atoms with van der Waals surface area (Å²) in [6.07, 6.45) is 0.762. The second-order valence-electron chi connectivity index (χ2n) is 5.71. The lowest BCUT2D eigenvalue weighted by Crippen LogP contribution is -2.46. The van der Waals surface area contributed by atoms with Gasteiger partial charge in [-0.25, -0.2) is 0 Å². The standard InChI is InChI=1S/C13H17ClN6O4S/c14-11-10(20(22)23)12(18-3-1-17(9-21)2-4-18)16-13(15-11)19-5-7-25(24)8-6-19/h9H,1-8H2. The second kappa shape index (κ2) is 7.48. The monoisotopic (exact) mass is 388 g/mol. The molecule has 0 aliphatic carbocycles. The highest BCUT2D eigenvalue weighted by atomic mass is 35.5. The van der Waals surface area contributed by atoms with Crippen LogP contribution in [0.25, 0.3) is 0 Å². The summed E-state index contributed by atoms with van der Waals surface area (Å²) < 4.78 is 11.5. The van der Waals surface area contributed by atoms with Gasteiger partial charge in [0.2, 0.25) is 23.3 Å². The molecule has 2 aliphatic heterocycles. The van der Waals surface area contributed by atoms with Crippen LogP contribution >= 0.6 is 11.6 Å². The first-order valence-electron chi connectivity index (χ1n) is 7.75. The summed E-state index contributed by atoms with van der Waals surface area (Å²) in [6, 6.07) is 0. The minimum Gasteiger partial charge on any atom is -0.347 e. The number of nitro groups is 1. The number of amides is 1. The van der Waals surface area contributed by atoms with E-state index >= 15 is 0 Å². The van der Waals surface area contributed by atoms with Crippen LogP contribution in [-0.2, 0) is 15.6 Å². The largest absolute Gasteiger partial charge is 0.348 e. The molecule has 2 fully saturated rings. The lowest BCUT2D eigenvalue weighted by Gasteiger charge is -2.33. The zero-order valence-electron chi connectivity index (χ0n) is 13.3. The third-order valence-corrected chi connectivity index (χ3v) is 5.76. The van der Waals surface area contributed by atoms with E-state index in [0.717, 1.165) is 6.41 Å². The molecule has 0 spiro atoms. The van der Waals surface area contributed by atoms with Gasteiger partial charge < -0.3 is 14.7 Å². The lowest BCUT2D eigenvalue weighted by molar-refractivity contribution is -0.384. The van der Waals surface area contributed by atoms with Gasteiger partial charge in [0.25, 0.3) is 0 Å². The molecule has 0 bridgehead atoms. The van der Waals surface area contributed by atoms with Gasteiger partial charge >= 0.3 is 5.69 Å². The number of aromatic nitrogens is 2. The van der Waals surface area contributed by atoms with Crippen molar-refractivity contribution in [3.05, 3.63) is 15.3 Å². The fourth-order valence-corrected chi connectivity index (χ4v) is 4.08. The number of hydrogen-bond donors (Lipinski definition) is 0. The van der Waals surface area contributed by atoms with Crippen LogP contribution in [0.3, 0.4) is 0 Å². The maximum Gasteiger partial charge on any atom is 0.348 e. The molecule has 1 aromatic heterocycles. The van der Waals surface area contributed by atoms with Gasteiger partial charge in [0.05, 0.1) is 4.92 Å². The Bertz CT molecular complexity index is 702. The summed E-state index contributed by atoms with van der Waals surface area (Å²) in [4.78, 5) is 35.3. The number of carbonyl (C=O) groups excluding carboxylic acids is 1. The average molecular weight is 389 g/mol. The van der Waals surface area contributed by atoms with Crippen molar-refractivity contribution < 1.29 is 13.9 Å². The Morgan fingerprint density at radius 1 is 1.08 bits per heavy atom. The maximum absolute atomic E-state index is 11.5. The van der Waals surface area contributed by atoms with Gasteiger partial charge in [-0.05, 0) is 0 Å². The van der Waals surface area contributed by atoms with Gasteiger partial charge in [0, 0.05) is 61.6 Å². The van der Waals surface area contributed by atoms with Crippen LogP contribution in [-0.4, -0.2) is 81.2 Å². The number of anilines is 2. The van der Waals surface area contributed by atoms with E-state index in [1.807, 2.05) is 4.90 Å². The number of rotatable bonds is 4. The van der Waals surface area contributed by atoms with Crippen molar-refractivity contribution in [3.63, 3.8) is 0 Å². The molecule has 3 rings (SSSR count). The third-order valence-electron chi connectivity index (χ3n) is 4.22. The maximum atomic E-state index is 11.5. The number of nitrogens with zero attached hydrogens (tertiary/aromatic N) is 6. The van der Waals surface area contributed by atoms with E-state index in [2.05, 4.69) is 9.97 Å². The minimum atomic E-state index is -0.854. The molecule has 0 N–H and O–H groups in total. The molecule has 0 radical (unpaired) electrons. The summed E-state index contributed by atoms with van der Waals surface area (Å²) in [5, 5.41) is 11.2. The molecule has 1 amide bonds. The molecule has 25 heavy (non-hydrogen) atoms. The zero-order valence-corrected chi connectivity index (χ0v) is 14.9. The highest BCUT2D eigenvalue weighted by Gasteiger charge is 2.31. The number of hydrogen-bond acceptors (Lipinski definition) is 8. The molecule has 0 atom stereocenters. The molecule has 0 aromatic carbocycles. The molecule has 10 nitrogen and oxygen atoms in total. The summed E-state index contributed by atoms with van der Waals surface area (Å²) >= 11 is 6.08. The number of piperazine rings is 1. The fourth-order valence-electron chi connectivity index (χ4n) is 2.80. The zero-order chi connectivity index (χ0) is 18.0. The van der Waals surface area contributed by atoms with Crippen LogP contribution in [0.1, 0.15) is 0 Å². The molecule has 0 saturated carbocycles. The van der Waals surface area contributed by atoms with E-state index in [-0.39, 0.29) is 16.7 Å². The normalized spacial score (nSPS) is 19.2. The van der Waals surface area contributed by atoms with Gasteiger partial charge in [-0.2, -0.15) is 9.97 Å². The van der Waals surface area contributed by atoms with Crippen molar-refractivity contribution in [1.29, 1.82) is 0 Å². The first kappa shape index (κ1) is 17.8. The van der Waals surface area contributed by atoms with Crippen LogP contribution < -0.4 is 9.80 Å². The Labute approximate surface area is 151 Å². The lowest BCUT2D eigenvalue weighted by atomic mass is 10.3. The van der Waals surface area contributed by atoms with E-state index < -0.39 is 15.7 Å². The number of halogens is 1. The van der Waals surface area contributed by atoms with Crippen molar-refractivity contribution in [3.8, 4) is 0 Å². The average Bonchev–Trinajstić information content (AvgIpc) is 2.61. The summed E-state index contributed by atoms with van der Waals surface area (Å²) in [6.45, 7) is 2.80. The van der Waals surface area contributed by atoms with Crippen LogP contribution in [0.4, 0.5) is 17.5 Å². The molecule has 136 valence electrons. The van der Waals surface area contributed by atoms with Crippen LogP contribution in [0, 0.1) is 10.1 Å². The Hall–Kier alpha value is -2.01. The van der Waals surface area contributed by atoms with E-state index in [1.165, 1.54) is 0 Å². The van der Waals surface area contributed by atoms with E-state index in [9.17, 15) is 19.1 Å². The first-order chi connectivity index (χ1) is 12.0. The first-order valence-corrected chi connectivity index (χ1v) is 9.62. The molecule has 0 unspecified atom stereocenters. The summed E-state index contributed by atoms with van der Waals surface area (Å²) in [5.74, 6) is 1.48. The van der Waals surface area contributed by atoms with E-state index in [0.29, 0.717) is 56.7 Å². The predicted molar refractivity (Wildman–Crippen MR) is 93.6 cm³/mol. The Balaban J connectivity index is 1.92. The quantitative estimate of drug-likeness (QED) is 0.304. The van der Waals surface area contributed by atoms with Crippen molar-refractivity contribution in [2.45, 2.75) is 0 Å². The molecule has 12 heteroatoms. The summed E-state index contributed by atoms with van der Waals surface area (Å²) in [5.41, 5.74) is -0.328. The fraction of sp³-hybridized carbons (Fsp3) is 0.615. The van der Waals surface area contributed by atoms with Gasteiger partial charge in [-0.15, -0.1) is 0 Å². The SMILES string of the molecule is O=CN1CCN(c2nc(N3CCS(=O)CC3)nc(Cl)c2[N+](=O)[O-])CC1. The molecule has 2 aliphatic rings. The Kier molecular flexibility index (Phi) is 5.33. The molecule has 1 aromatic rings. The van der Waals surface area contributed by atoms with Gasteiger partial charge in [0.1, 0.15) is 0 Å². The third kappa shape index (κ3) is 3.82. The molecular formula is C13H17ClN6O4S. The highest BCUT2D eigenvalue weighted by Crippen LogP contribution is 2.34. The van der Waals surface area contributed by atoms with Crippen molar-refractivity contribution in [2.75, 3.05) is 60.6 Å². The van der Waals surface area contributed by atoms with Gasteiger partial charge in [0.15, 0.2) is 0 Å². The van der Waals surface area contributed by atoms with Crippen molar-refractivity contribution in [2.24, 2.45) is 0 Å².